The van der Waals surface area contributed by atoms with Gasteiger partial charge >= 0.3 is 6.03 Å². The lowest BCUT2D eigenvalue weighted by atomic mass is 10.0. The minimum Gasteiger partial charge on any atom is -0.359 e. The fourth-order valence-electron chi connectivity index (χ4n) is 3.75. The Morgan fingerprint density at radius 3 is 2.61 bits per heavy atom. The van der Waals surface area contributed by atoms with Crippen molar-refractivity contribution in [3.8, 4) is 0 Å². The number of nitrogens with zero attached hydrogens (tertiary/aromatic N) is 3. The van der Waals surface area contributed by atoms with Crippen molar-refractivity contribution < 1.29 is 13.7 Å². The maximum absolute atomic E-state index is 13.2. The SMILES string of the molecule is Cc1noc(C)c1NC(=O)N1CCCN(Cc2ccc(F)cc2)[C@@H](C(C)C)C1. The monoisotopic (exact) mass is 388 g/mol. The summed E-state index contributed by atoms with van der Waals surface area (Å²) in [6.45, 7) is 11.0. The number of hydrogen-bond donors (Lipinski definition) is 1. The van der Waals surface area contributed by atoms with Crippen molar-refractivity contribution in [1.82, 2.24) is 15.0 Å². The van der Waals surface area contributed by atoms with Gasteiger partial charge in [0.15, 0.2) is 5.76 Å². The Bertz CT molecular complexity index is 784. The molecule has 1 aliphatic rings. The van der Waals surface area contributed by atoms with E-state index in [1.54, 1.807) is 6.92 Å². The third kappa shape index (κ3) is 4.70. The zero-order valence-electron chi connectivity index (χ0n) is 17.0. The second-order valence-electron chi connectivity index (χ2n) is 7.84. The van der Waals surface area contributed by atoms with Gasteiger partial charge in [0.05, 0.1) is 0 Å². The van der Waals surface area contributed by atoms with Crippen molar-refractivity contribution >= 4 is 11.7 Å². The number of aryl methyl sites for hydroxylation is 2. The maximum atomic E-state index is 13.2. The van der Waals surface area contributed by atoms with E-state index in [4.69, 9.17) is 4.52 Å². The minimum atomic E-state index is -0.220. The third-order valence-electron chi connectivity index (χ3n) is 5.37. The Balaban J connectivity index is 1.71. The van der Waals surface area contributed by atoms with Gasteiger partial charge in [-0.15, -0.1) is 0 Å². The highest BCUT2D eigenvalue weighted by atomic mass is 19.1. The summed E-state index contributed by atoms with van der Waals surface area (Å²) in [5, 5.41) is 6.85. The smallest absolute Gasteiger partial charge is 0.322 e. The first kappa shape index (κ1) is 20.3. The summed E-state index contributed by atoms with van der Waals surface area (Å²) >= 11 is 0. The van der Waals surface area contributed by atoms with Crippen molar-refractivity contribution in [2.24, 2.45) is 5.92 Å². The maximum Gasteiger partial charge on any atom is 0.322 e. The Hall–Kier alpha value is -2.41. The van der Waals surface area contributed by atoms with Crippen LogP contribution in [0.1, 0.15) is 37.3 Å². The highest BCUT2D eigenvalue weighted by Crippen LogP contribution is 2.23. The van der Waals surface area contributed by atoms with Crippen LogP contribution in [0.15, 0.2) is 28.8 Å². The van der Waals surface area contributed by atoms with Crippen molar-refractivity contribution in [3.05, 3.63) is 47.1 Å². The second-order valence-corrected chi connectivity index (χ2v) is 7.84. The molecule has 152 valence electrons. The van der Waals surface area contributed by atoms with Crippen LogP contribution in [0, 0.1) is 25.6 Å². The number of halogens is 1. The number of carbonyl (C=O) groups excluding carboxylic acids is 1. The predicted molar refractivity (Wildman–Crippen MR) is 107 cm³/mol. The number of carbonyl (C=O) groups is 1. The zero-order valence-corrected chi connectivity index (χ0v) is 17.0. The molecule has 1 aromatic carbocycles. The molecule has 28 heavy (non-hydrogen) atoms. The fourth-order valence-corrected chi connectivity index (χ4v) is 3.75. The van der Waals surface area contributed by atoms with Gasteiger partial charge in [-0.25, -0.2) is 9.18 Å². The van der Waals surface area contributed by atoms with Crippen LogP contribution in [0.25, 0.3) is 0 Å². The molecule has 0 saturated carbocycles. The summed E-state index contributed by atoms with van der Waals surface area (Å²) < 4.78 is 18.4. The van der Waals surface area contributed by atoms with E-state index < -0.39 is 0 Å². The molecule has 6 nitrogen and oxygen atoms in total. The van der Waals surface area contributed by atoms with Gasteiger partial charge in [-0.05, 0) is 43.9 Å². The zero-order chi connectivity index (χ0) is 20.3. The highest BCUT2D eigenvalue weighted by Gasteiger charge is 2.30. The van der Waals surface area contributed by atoms with E-state index in [-0.39, 0.29) is 17.9 Å². The van der Waals surface area contributed by atoms with Crippen LogP contribution in [0.5, 0.6) is 0 Å². The summed E-state index contributed by atoms with van der Waals surface area (Å²) in [4.78, 5) is 17.2. The normalized spacial score (nSPS) is 18.4. The Labute approximate surface area is 165 Å². The van der Waals surface area contributed by atoms with Crippen LogP contribution in [0.3, 0.4) is 0 Å². The molecule has 1 atom stereocenters. The van der Waals surface area contributed by atoms with Crippen LogP contribution in [-0.4, -0.2) is 46.7 Å². The second kappa shape index (κ2) is 8.73. The van der Waals surface area contributed by atoms with E-state index in [2.05, 4.69) is 29.2 Å². The first-order valence-electron chi connectivity index (χ1n) is 9.82. The molecule has 2 heterocycles. The topological polar surface area (TPSA) is 61.6 Å². The standard InChI is InChI=1S/C21H29FN4O2/c1-14(2)19-13-26(21(27)23-20-15(3)24-28-16(20)4)11-5-10-25(19)12-17-6-8-18(22)9-7-17/h6-9,14,19H,5,10-13H2,1-4H3,(H,23,27)/t19-/m1/s1. The molecular weight excluding hydrogens is 359 g/mol. The van der Waals surface area contributed by atoms with Gasteiger partial charge in [0.2, 0.25) is 0 Å². The average molecular weight is 388 g/mol. The number of nitrogens with one attached hydrogen (secondary N) is 1. The van der Waals surface area contributed by atoms with Crippen LogP contribution in [0.4, 0.5) is 14.9 Å². The molecule has 0 radical (unpaired) electrons. The fraction of sp³-hybridized carbons (Fsp3) is 0.524. The summed E-state index contributed by atoms with van der Waals surface area (Å²) in [6, 6.07) is 6.77. The molecule has 2 amide bonds. The first-order valence-corrected chi connectivity index (χ1v) is 9.82. The molecular formula is C21H29FN4O2. The number of hydrogen-bond acceptors (Lipinski definition) is 4. The number of anilines is 1. The molecule has 0 aliphatic carbocycles. The number of urea groups is 1. The van der Waals surface area contributed by atoms with Gasteiger partial charge in [0.25, 0.3) is 0 Å². The molecule has 2 aromatic rings. The van der Waals surface area contributed by atoms with Crippen LogP contribution in [0.2, 0.25) is 0 Å². The Kier molecular flexibility index (Phi) is 6.34. The molecule has 1 aliphatic heterocycles. The molecule has 1 saturated heterocycles. The van der Waals surface area contributed by atoms with Crippen molar-refractivity contribution in [1.29, 1.82) is 0 Å². The van der Waals surface area contributed by atoms with Gasteiger partial charge in [-0.3, -0.25) is 4.90 Å². The van der Waals surface area contributed by atoms with Gasteiger partial charge in [-0.1, -0.05) is 31.1 Å². The van der Waals surface area contributed by atoms with E-state index in [0.29, 0.717) is 36.1 Å². The Morgan fingerprint density at radius 2 is 2.00 bits per heavy atom. The highest BCUT2D eigenvalue weighted by molar-refractivity contribution is 5.90. The lowest BCUT2D eigenvalue weighted by molar-refractivity contribution is 0.138. The van der Waals surface area contributed by atoms with Crippen molar-refractivity contribution in [3.63, 3.8) is 0 Å². The Morgan fingerprint density at radius 1 is 1.29 bits per heavy atom. The van der Waals surface area contributed by atoms with E-state index >= 15 is 0 Å². The van der Waals surface area contributed by atoms with E-state index in [1.807, 2.05) is 24.0 Å². The number of rotatable bonds is 4. The molecule has 0 bridgehead atoms. The molecule has 1 fully saturated rings. The molecule has 3 rings (SSSR count). The van der Waals surface area contributed by atoms with E-state index in [0.717, 1.165) is 25.1 Å². The van der Waals surface area contributed by atoms with Crippen molar-refractivity contribution in [2.75, 3.05) is 25.0 Å². The van der Waals surface area contributed by atoms with Crippen LogP contribution >= 0.6 is 0 Å². The number of aromatic nitrogens is 1. The lowest BCUT2D eigenvalue weighted by Crippen LogP contribution is -2.46. The largest absolute Gasteiger partial charge is 0.359 e. The molecule has 1 N–H and O–H groups in total. The molecule has 0 spiro atoms. The summed E-state index contributed by atoms with van der Waals surface area (Å²) in [5.41, 5.74) is 2.42. The quantitative estimate of drug-likeness (QED) is 0.853. The number of amides is 2. The van der Waals surface area contributed by atoms with Gasteiger partial charge in [0.1, 0.15) is 17.2 Å². The van der Waals surface area contributed by atoms with Crippen LogP contribution < -0.4 is 5.32 Å². The summed E-state index contributed by atoms with van der Waals surface area (Å²) in [6.07, 6.45) is 0.888. The lowest BCUT2D eigenvalue weighted by Gasteiger charge is -2.34. The molecule has 0 unspecified atom stereocenters. The van der Waals surface area contributed by atoms with E-state index in [1.165, 1.54) is 12.1 Å². The summed E-state index contributed by atoms with van der Waals surface area (Å²) in [7, 11) is 0. The van der Waals surface area contributed by atoms with Crippen molar-refractivity contribution in [2.45, 2.75) is 46.7 Å². The average Bonchev–Trinajstić information content (AvgIpc) is 2.85. The molecule has 1 aromatic heterocycles. The van der Waals surface area contributed by atoms with Gasteiger partial charge < -0.3 is 14.7 Å². The molecule has 7 heteroatoms. The van der Waals surface area contributed by atoms with E-state index in [9.17, 15) is 9.18 Å². The first-order chi connectivity index (χ1) is 13.3. The number of benzene rings is 1. The van der Waals surface area contributed by atoms with Gasteiger partial charge in [0, 0.05) is 32.2 Å². The van der Waals surface area contributed by atoms with Crippen LogP contribution in [-0.2, 0) is 6.54 Å². The predicted octanol–water partition coefficient (Wildman–Crippen LogP) is 4.19. The third-order valence-corrected chi connectivity index (χ3v) is 5.37. The summed E-state index contributed by atoms with van der Waals surface area (Å²) in [5.74, 6) is 0.772. The minimum absolute atomic E-state index is 0.122. The van der Waals surface area contributed by atoms with Gasteiger partial charge in [-0.2, -0.15) is 0 Å².